The number of thiophene rings is 1. The minimum Gasteiger partial charge on any atom is -0.485 e. The number of fused-ring (bicyclic) bond motifs is 1. The van der Waals surface area contributed by atoms with Crippen LogP contribution in [0.15, 0.2) is 39.9 Å². The summed E-state index contributed by atoms with van der Waals surface area (Å²) < 4.78 is 40.4. The van der Waals surface area contributed by atoms with Gasteiger partial charge in [-0.1, -0.05) is 18.2 Å². The van der Waals surface area contributed by atoms with E-state index >= 15 is 0 Å². The van der Waals surface area contributed by atoms with Crippen molar-refractivity contribution in [2.75, 3.05) is 13.2 Å². The van der Waals surface area contributed by atoms with E-state index in [1.54, 1.807) is 36.5 Å². The van der Waals surface area contributed by atoms with Crippen LogP contribution in [0.4, 0.5) is 0 Å². The molecule has 0 bridgehead atoms. The summed E-state index contributed by atoms with van der Waals surface area (Å²) in [6.45, 7) is 3.00. The summed E-state index contributed by atoms with van der Waals surface area (Å²) >= 11 is 1.61. The average Bonchev–Trinajstić information content (AvgIpc) is 2.87. The molecule has 0 spiro atoms. The number of rotatable bonds is 1. The molecule has 0 unspecified atom stereocenters. The lowest BCUT2D eigenvalue weighted by atomic mass is 10.2. The number of ether oxygens (including phenoxy) is 2. The summed E-state index contributed by atoms with van der Waals surface area (Å²) in [7, 11) is -4.03. The van der Waals surface area contributed by atoms with Crippen molar-refractivity contribution in [3.63, 3.8) is 0 Å². The first-order valence-corrected chi connectivity index (χ1v) is 8.21. The molecule has 0 saturated heterocycles. The van der Waals surface area contributed by atoms with Gasteiger partial charge >= 0.3 is 0 Å². The van der Waals surface area contributed by atoms with Crippen molar-refractivity contribution in [3.05, 3.63) is 40.6 Å². The maximum Gasteiger partial charge on any atom is 0.294 e. The van der Waals surface area contributed by atoms with Gasteiger partial charge in [-0.3, -0.25) is 4.55 Å². The third kappa shape index (κ3) is 3.72. The minimum absolute atomic E-state index is 0.0278. The number of benzene rings is 1. The predicted octanol–water partition coefficient (Wildman–Crippen LogP) is 2.76. The molecule has 0 amide bonds. The molecule has 2 heterocycles. The van der Waals surface area contributed by atoms with Crippen molar-refractivity contribution in [3.8, 4) is 11.5 Å². The van der Waals surface area contributed by atoms with Crippen LogP contribution in [0.1, 0.15) is 5.56 Å². The summed E-state index contributed by atoms with van der Waals surface area (Å²) in [4.78, 5) is -0.0278. The third-order valence-electron chi connectivity index (χ3n) is 2.56. The highest BCUT2D eigenvalue weighted by molar-refractivity contribution is 7.85. The fraction of sp³-hybridized carbons (Fsp3) is 0.231. The SMILES string of the molecule is Cc1ccccc1S(=O)(=O)O.c1scc2c1OCCO2. The molecular formula is C13H14O5S2. The van der Waals surface area contributed by atoms with Crippen LogP contribution in [0.25, 0.3) is 0 Å². The van der Waals surface area contributed by atoms with Gasteiger partial charge in [0.2, 0.25) is 0 Å². The normalized spacial score (nSPS) is 13.3. The van der Waals surface area contributed by atoms with Gasteiger partial charge in [-0.15, -0.1) is 11.3 Å². The van der Waals surface area contributed by atoms with E-state index in [0.29, 0.717) is 18.8 Å². The number of aryl methyl sites for hydroxylation is 1. The lowest BCUT2D eigenvalue weighted by Crippen LogP contribution is -2.13. The second-order valence-corrected chi connectivity index (χ2v) is 6.17. The highest BCUT2D eigenvalue weighted by atomic mass is 32.2. The minimum atomic E-state index is -4.03. The fourth-order valence-corrected chi connectivity index (χ4v) is 3.04. The molecule has 0 fully saturated rings. The van der Waals surface area contributed by atoms with Crippen LogP contribution >= 0.6 is 11.3 Å². The van der Waals surface area contributed by atoms with Gasteiger partial charge in [0.1, 0.15) is 13.2 Å². The quantitative estimate of drug-likeness (QED) is 0.819. The highest BCUT2D eigenvalue weighted by Gasteiger charge is 2.11. The van der Waals surface area contributed by atoms with E-state index in [1.165, 1.54) is 6.07 Å². The molecular weight excluding hydrogens is 300 g/mol. The molecule has 5 nitrogen and oxygen atoms in total. The Labute approximate surface area is 121 Å². The van der Waals surface area contributed by atoms with Crippen LogP contribution in [-0.4, -0.2) is 26.2 Å². The maximum atomic E-state index is 10.6. The van der Waals surface area contributed by atoms with Crippen LogP contribution in [-0.2, 0) is 10.1 Å². The molecule has 0 atom stereocenters. The molecule has 1 aliphatic heterocycles. The van der Waals surface area contributed by atoms with Gasteiger partial charge in [-0.05, 0) is 18.6 Å². The van der Waals surface area contributed by atoms with E-state index in [2.05, 4.69) is 0 Å². The van der Waals surface area contributed by atoms with Crippen molar-refractivity contribution < 1.29 is 22.4 Å². The number of hydrogen-bond acceptors (Lipinski definition) is 5. The third-order valence-corrected chi connectivity index (χ3v) is 4.28. The monoisotopic (exact) mass is 314 g/mol. The topological polar surface area (TPSA) is 72.8 Å². The maximum absolute atomic E-state index is 10.6. The molecule has 0 saturated carbocycles. The Hall–Kier alpha value is -1.57. The molecule has 1 aliphatic rings. The van der Waals surface area contributed by atoms with Crippen LogP contribution in [0.2, 0.25) is 0 Å². The number of hydrogen-bond donors (Lipinski definition) is 1. The van der Waals surface area contributed by atoms with Gasteiger partial charge < -0.3 is 9.47 Å². The fourth-order valence-electron chi connectivity index (χ4n) is 1.63. The van der Waals surface area contributed by atoms with Crippen molar-refractivity contribution in [1.29, 1.82) is 0 Å². The molecule has 1 N–H and O–H groups in total. The standard InChI is InChI=1S/C7H8O3S.C6H6O2S/c1-6-4-2-3-5-7(6)11(8,9)10;1-2-8-6-4-9-3-5(6)7-1/h2-5H,1H3,(H,8,9,10);3-4H,1-2H2. The van der Waals surface area contributed by atoms with Crippen LogP contribution in [0.5, 0.6) is 11.5 Å². The van der Waals surface area contributed by atoms with E-state index in [1.807, 2.05) is 10.8 Å². The van der Waals surface area contributed by atoms with Gasteiger partial charge in [0.25, 0.3) is 10.1 Å². The van der Waals surface area contributed by atoms with Gasteiger partial charge in [0.15, 0.2) is 11.5 Å². The molecule has 1 aromatic carbocycles. The van der Waals surface area contributed by atoms with Crippen molar-refractivity contribution in [2.24, 2.45) is 0 Å². The Morgan fingerprint density at radius 2 is 1.65 bits per heavy atom. The largest absolute Gasteiger partial charge is 0.485 e. The van der Waals surface area contributed by atoms with E-state index in [-0.39, 0.29) is 4.90 Å². The zero-order chi connectivity index (χ0) is 14.6. The average molecular weight is 314 g/mol. The molecule has 1 aromatic heterocycles. The Morgan fingerprint density at radius 3 is 2.10 bits per heavy atom. The molecule has 0 aliphatic carbocycles. The summed E-state index contributed by atoms with van der Waals surface area (Å²) in [6.07, 6.45) is 0. The molecule has 2 aromatic rings. The lowest BCUT2D eigenvalue weighted by molar-refractivity contribution is 0.173. The molecule has 7 heteroatoms. The van der Waals surface area contributed by atoms with Gasteiger partial charge in [0, 0.05) is 10.8 Å². The summed E-state index contributed by atoms with van der Waals surface area (Å²) in [5.74, 6) is 1.79. The smallest absolute Gasteiger partial charge is 0.294 e. The van der Waals surface area contributed by atoms with E-state index < -0.39 is 10.1 Å². The first-order valence-electron chi connectivity index (χ1n) is 5.83. The van der Waals surface area contributed by atoms with Gasteiger partial charge in [-0.25, -0.2) is 0 Å². The zero-order valence-electron chi connectivity index (χ0n) is 10.8. The summed E-state index contributed by atoms with van der Waals surface area (Å²) in [5, 5.41) is 3.91. The van der Waals surface area contributed by atoms with E-state index in [9.17, 15) is 8.42 Å². The zero-order valence-corrected chi connectivity index (χ0v) is 12.4. The Kier molecular flexibility index (Phi) is 4.64. The first-order chi connectivity index (χ1) is 9.48. The molecule has 108 valence electrons. The van der Waals surface area contributed by atoms with Crippen LogP contribution < -0.4 is 9.47 Å². The molecule has 0 radical (unpaired) electrons. The second kappa shape index (κ2) is 6.25. The van der Waals surface area contributed by atoms with E-state index in [0.717, 1.165) is 11.5 Å². The van der Waals surface area contributed by atoms with Gasteiger partial charge in [0.05, 0.1) is 4.90 Å². The van der Waals surface area contributed by atoms with Crippen LogP contribution in [0, 0.1) is 6.92 Å². The van der Waals surface area contributed by atoms with Crippen molar-refractivity contribution in [1.82, 2.24) is 0 Å². The summed E-state index contributed by atoms with van der Waals surface area (Å²) in [6, 6.07) is 6.27. The lowest BCUT2D eigenvalue weighted by Gasteiger charge is -2.13. The Bertz CT molecular complexity index is 655. The second-order valence-electron chi connectivity index (χ2n) is 4.04. The van der Waals surface area contributed by atoms with E-state index in [4.69, 9.17) is 14.0 Å². The first kappa shape index (κ1) is 14.8. The highest BCUT2D eigenvalue weighted by Crippen LogP contribution is 2.33. The van der Waals surface area contributed by atoms with Crippen molar-refractivity contribution >= 4 is 21.5 Å². The van der Waals surface area contributed by atoms with Crippen LogP contribution in [0.3, 0.4) is 0 Å². The summed E-state index contributed by atoms with van der Waals surface area (Å²) in [5.41, 5.74) is 0.551. The molecule has 3 rings (SSSR count). The van der Waals surface area contributed by atoms with Crippen molar-refractivity contribution in [2.45, 2.75) is 11.8 Å². The van der Waals surface area contributed by atoms with Gasteiger partial charge in [-0.2, -0.15) is 8.42 Å². The predicted molar refractivity (Wildman–Crippen MR) is 76.3 cm³/mol. The molecule has 20 heavy (non-hydrogen) atoms. The Balaban J connectivity index is 0.000000149. The Morgan fingerprint density at radius 1 is 1.10 bits per heavy atom.